The molecule has 0 aromatic rings. The van der Waals surface area contributed by atoms with Crippen LogP contribution in [0.4, 0.5) is 0 Å². The lowest BCUT2D eigenvalue weighted by atomic mass is 10.3. The molecule has 0 saturated carbocycles. The Hall–Kier alpha value is -0.220. The van der Waals surface area contributed by atoms with Crippen molar-refractivity contribution >= 4 is 17.7 Å². The summed E-state index contributed by atoms with van der Waals surface area (Å²) in [5.74, 6) is 2.41. The number of thioether (sulfide) groups is 1. The van der Waals surface area contributed by atoms with E-state index >= 15 is 0 Å². The molecule has 1 heterocycles. The van der Waals surface area contributed by atoms with E-state index in [4.69, 9.17) is 0 Å². The van der Waals surface area contributed by atoms with Crippen molar-refractivity contribution in [3.05, 3.63) is 5.88 Å². The maximum absolute atomic E-state index is 10.7. The molecule has 1 fully saturated rings. The summed E-state index contributed by atoms with van der Waals surface area (Å²) in [5.41, 5.74) is 0. The molecular formula is C5H8NO2S. The monoisotopic (exact) mass is 146 g/mol. The molecule has 0 aliphatic carbocycles. The van der Waals surface area contributed by atoms with E-state index in [0.717, 1.165) is 5.75 Å². The van der Waals surface area contributed by atoms with Gasteiger partial charge in [-0.2, -0.15) is 0 Å². The van der Waals surface area contributed by atoms with E-state index in [9.17, 15) is 4.79 Å². The minimum Gasteiger partial charge on any atom is -0.468 e. The fourth-order valence-electron chi connectivity index (χ4n) is 0.601. The number of hydrogen-bond donors (Lipinski definition) is 1. The molecule has 0 spiro atoms. The van der Waals surface area contributed by atoms with E-state index in [2.05, 4.69) is 10.1 Å². The van der Waals surface area contributed by atoms with Gasteiger partial charge in [0.1, 0.15) is 6.04 Å². The minimum atomic E-state index is -0.184. The van der Waals surface area contributed by atoms with E-state index in [-0.39, 0.29) is 12.0 Å². The highest BCUT2D eigenvalue weighted by atomic mass is 32.2. The van der Waals surface area contributed by atoms with Gasteiger partial charge >= 0.3 is 5.97 Å². The minimum absolute atomic E-state index is 0.125. The molecule has 0 aromatic carbocycles. The van der Waals surface area contributed by atoms with Crippen LogP contribution < -0.4 is 5.32 Å². The molecule has 1 radical (unpaired) electrons. The average Bonchev–Trinajstić information content (AvgIpc) is 2.37. The Morgan fingerprint density at radius 3 is 3.22 bits per heavy atom. The van der Waals surface area contributed by atoms with Gasteiger partial charge in [-0.3, -0.25) is 10.1 Å². The van der Waals surface area contributed by atoms with Gasteiger partial charge in [0.15, 0.2) is 0 Å². The van der Waals surface area contributed by atoms with Gasteiger partial charge in [-0.1, -0.05) is 0 Å². The molecule has 0 aromatic heterocycles. The number of nitrogens with one attached hydrogen (secondary N) is 1. The fourth-order valence-corrected chi connectivity index (χ4v) is 1.38. The lowest BCUT2D eigenvalue weighted by molar-refractivity contribution is -0.142. The molecule has 0 amide bonds. The highest BCUT2D eigenvalue weighted by molar-refractivity contribution is 8.01. The standard InChI is InChI=1S/C5H8NO2S/c1-8-5(7)4-2-9-3-6-4/h3-4,6H,2H2,1H3. The maximum Gasteiger partial charge on any atom is 0.323 e. The van der Waals surface area contributed by atoms with Crippen LogP contribution in [0, 0.1) is 5.88 Å². The summed E-state index contributed by atoms with van der Waals surface area (Å²) in [6.45, 7) is 0. The zero-order chi connectivity index (χ0) is 6.69. The summed E-state index contributed by atoms with van der Waals surface area (Å²) in [6.07, 6.45) is 0. The SMILES string of the molecule is COC(=O)C1CS[CH]N1. The predicted molar refractivity (Wildman–Crippen MR) is 35.7 cm³/mol. The molecule has 1 aliphatic rings. The first kappa shape index (κ1) is 6.89. The van der Waals surface area contributed by atoms with Crippen LogP contribution in [0.15, 0.2) is 0 Å². The normalized spacial score (nSPS) is 26.1. The van der Waals surface area contributed by atoms with Gasteiger partial charge in [0.25, 0.3) is 0 Å². The molecule has 1 atom stereocenters. The van der Waals surface area contributed by atoms with Crippen LogP contribution in [-0.4, -0.2) is 24.9 Å². The quantitative estimate of drug-likeness (QED) is 0.528. The second kappa shape index (κ2) is 3.08. The summed E-state index contributed by atoms with van der Waals surface area (Å²) >= 11 is 1.59. The molecule has 1 N–H and O–H groups in total. The lowest BCUT2D eigenvalue weighted by Crippen LogP contribution is -2.32. The van der Waals surface area contributed by atoms with Crippen LogP contribution in [0.3, 0.4) is 0 Å². The summed E-state index contributed by atoms with van der Waals surface area (Å²) in [6, 6.07) is -0.125. The summed E-state index contributed by atoms with van der Waals surface area (Å²) in [7, 11) is 1.40. The zero-order valence-corrected chi connectivity index (χ0v) is 5.90. The van der Waals surface area contributed by atoms with Crippen molar-refractivity contribution in [2.75, 3.05) is 12.9 Å². The highest BCUT2D eigenvalue weighted by Gasteiger charge is 2.22. The molecule has 1 saturated heterocycles. The van der Waals surface area contributed by atoms with Crippen molar-refractivity contribution in [1.82, 2.24) is 5.32 Å². The maximum atomic E-state index is 10.7. The van der Waals surface area contributed by atoms with Crippen LogP contribution in [0.25, 0.3) is 0 Å². The highest BCUT2D eigenvalue weighted by Crippen LogP contribution is 2.13. The number of esters is 1. The molecule has 0 bridgehead atoms. The predicted octanol–water partition coefficient (Wildman–Crippen LogP) is -0.0163. The third-order valence-electron chi connectivity index (χ3n) is 1.10. The Morgan fingerprint density at radius 1 is 2.00 bits per heavy atom. The Kier molecular flexibility index (Phi) is 2.36. The lowest BCUT2D eigenvalue weighted by Gasteiger charge is -2.03. The molecule has 1 unspecified atom stereocenters. The van der Waals surface area contributed by atoms with Crippen molar-refractivity contribution < 1.29 is 9.53 Å². The Balaban J connectivity index is 2.32. The largest absolute Gasteiger partial charge is 0.468 e. The number of hydrogen-bond acceptors (Lipinski definition) is 4. The first-order valence-electron chi connectivity index (χ1n) is 2.62. The Bertz CT molecular complexity index is 112. The summed E-state index contributed by atoms with van der Waals surface area (Å²) in [4.78, 5) is 10.7. The van der Waals surface area contributed by atoms with Gasteiger partial charge in [0.05, 0.1) is 13.0 Å². The summed E-state index contributed by atoms with van der Waals surface area (Å²) in [5, 5.41) is 2.87. The van der Waals surface area contributed by atoms with Crippen molar-refractivity contribution in [2.45, 2.75) is 6.04 Å². The third kappa shape index (κ3) is 1.59. The van der Waals surface area contributed by atoms with E-state index in [1.807, 2.05) is 5.88 Å². The molecule has 1 aliphatic heterocycles. The fraction of sp³-hybridized carbons (Fsp3) is 0.600. The molecule has 3 nitrogen and oxygen atoms in total. The van der Waals surface area contributed by atoms with Gasteiger partial charge in [0, 0.05) is 5.75 Å². The number of carbonyl (C=O) groups is 1. The van der Waals surface area contributed by atoms with Crippen molar-refractivity contribution in [1.29, 1.82) is 0 Å². The van der Waals surface area contributed by atoms with Crippen LogP contribution in [0.2, 0.25) is 0 Å². The summed E-state index contributed by atoms with van der Waals surface area (Å²) < 4.78 is 4.50. The van der Waals surface area contributed by atoms with E-state index in [1.54, 1.807) is 11.8 Å². The first-order valence-corrected chi connectivity index (χ1v) is 3.66. The smallest absolute Gasteiger partial charge is 0.323 e. The molecular weight excluding hydrogens is 138 g/mol. The van der Waals surface area contributed by atoms with E-state index in [1.165, 1.54) is 7.11 Å². The van der Waals surface area contributed by atoms with Gasteiger partial charge in [-0.25, -0.2) is 0 Å². The van der Waals surface area contributed by atoms with E-state index in [0.29, 0.717) is 0 Å². The van der Waals surface area contributed by atoms with Crippen molar-refractivity contribution in [2.24, 2.45) is 0 Å². The van der Waals surface area contributed by atoms with Crippen LogP contribution >= 0.6 is 11.8 Å². The van der Waals surface area contributed by atoms with Gasteiger partial charge in [0.2, 0.25) is 0 Å². The third-order valence-corrected chi connectivity index (χ3v) is 1.93. The first-order chi connectivity index (χ1) is 4.34. The Labute approximate surface area is 58.1 Å². The molecule has 51 valence electrons. The van der Waals surface area contributed by atoms with Crippen molar-refractivity contribution in [3.63, 3.8) is 0 Å². The topological polar surface area (TPSA) is 38.3 Å². The Morgan fingerprint density at radius 2 is 2.78 bits per heavy atom. The molecule has 4 heteroatoms. The van der Waals surface area contributed by atoms with E-state index < -0.39 is 0 Å². The van der Waals surface area contributed by atoms with Gasteiger partial charge in [-0.15, -0.1) is 11.8 Å². The number of carbonyl (C=O) groups excluding carboxylic acids is 1. The van der Waals surface area contributed by atoms with Crippen LogP contribution in [-0.2, 0) is 9.53 Å². The molecule has 1 rings (SSSR count). The van der Waals surface area contributed by atoms with Crippen LogP contribution in [0.1, 0.15) is 0 Å². The second-order valence-corrected chi connectivity index (χ2v) is 2.60. The zero-order valence-electron chi connectivity index (χ0n) is 5.09. The van der Waals surface area contributed by atoms with Gasteiger partial charge in [-0.05, 0) is 0 Å². The second-order valence-electron chi connectivity index (χ2n) is 1.69. The average molecular weight is 146 g/mol. The number of ether oxygens (including phenoxy) is 1. The number of rotatable bonds is 1. The van der Waals surface area contributed by atoms with Gasteiger partial charge < -0.3 is 4.74 Å². The molecule has 9 heavy (non-hydrogen) atoms. The van der Waals surface area contributed by atoms with Crippen LogP contribution in [0.5, 0.6) is 0 Å². The number of methoxy groups -OCH3 is 1. The van der Waals surface area contributed by atoms with Crippen molar-refractivity contribution in [3.8, 4) is 0 Å².